The molecule has 1 heteroatoms. The van der Waals surface area contributed by atoms with Crippen LogP contribution in [-0.2, 0) is 10.8 Å². The lowest BCUT2D eigenvalue weighted by Gasteiger charge is -2.92. The minimum atomic E-state index is -0.180. The lowest BCUT2D eigenvalue weighted by atomic mass is 9.11. The number of anilines is 3. The summed E-state index contributed by atoms with van der Waals surface area (Å²) < 4.78 is 0. The summed E-state index contributed by atoms with van der Waals surface area (Å²) in [5.74, 6) is 3.71. The molecule has 0 radical (unpaired) electrons. The van der Waals surface area contributed by atoms with Crippen molar-refractivity contribution in [2.24, 2.45) is 29.1 Å². The van der Waals surface area contributed by atoms with Crippen molar-refractivity contribution in [1.29, 1.82) is 0 Å². The molecule has 0 saturated heterocycles. The van der Waals surface area contributed by atoms with Crippen molar-refractivity contribution in [1.82, 2.24) is 0 Å². The van der Waals surface area contributed by atoms with Crippen LogP contribution < -0.4 is 4.90 Å². The molecular formula is C60H47N. The standard InChI is InChI=1S/C60H47N/c1-58(2)53-32-41(47-17-11-19-52-57(47)50-16-9-10-18-51(50)60(52)55-34-42-33-43-35-56(60)59(42,43)55)24-30-48(53)49-31-29-46(36-54(49)58)61(44-25-20-39(21-26-44)37-12-5-3-6-13-37)45-27-22-40(23-28-45)38-14-7-4-8-15-38/h3-32,36,42-43,55-56H,33-35H2,1-2H3. The Morgan fingerprint density at radius 2 is 0.869 bits per heavy atom. The SMILES string of the molecule is CC1(C)c2cc(-c3cccc4c3-c3ccccc3C43C4CC5CC6CC3C564)ccc2-c2ccc(N(c3ccc(-c4ccccc4)cc3)c3ccc(-c4ccccc4)cc3)cc21. The van der Waals surface area contributed by atoms with Gasteiger partial charge in [-0.1, -0.05) is 159 Å². The Morgan fingerprint density at radius 1 is 0.377 bits per heavy atom. The van der Waals surface area contributed by atoms with Crippen LogP contribution in [0.5, 0.6) is 0 Å². The molecule has 0 N–H and O–H groups in total. The van der Waals surface area contributed by atoms with Gasteiger partial charge in [0.1, 0.15) is 0 Å². The van der Waals surface area contributed by atoms with Gasteiger partial charge in [0, 0.05) is 27.9 Å². The molecule has 8 aromatic rings. The number of nitrogens with zero attached hydrogens (tertiary/aromatic N) is 1. The summed E-state index contributed by atoms with van der Waals surface area (Å²) in [5, 5.41) is 0. The summed E-state index contributed by atoms with van der Waals surface area (Å²) in [5.41, 5.74) is 23.6. The second-order valence-electron chi connectivity index (χ2n) is 19.6. The van der Waals surface area contributed by atoms with E-state index in [0.717, 1.165) is 35.0 Å². The lowest BCUT2D eigenvalue weighted by molar-refractivity contribution is -0.412. The first-order valence-electron chi connectivity index (χ1n) is 22.6. The molecule has 4 atom stereocenters. The minimum absolute atomic E-state index is 0.180. The van der Waals surface area contributed by atoms with E-state index in [1.54, 1.807) is 11.1 Å². The molecule has 14 rings (SSSR count). The molecule has 4 unspecified atom stereocenters. The molecule has 0 bridgehead atoms. The predicted octanol–water partition coefficient (Wildman–Crippen LogP) is 15.4. The molecule has 292 valence electrons. The molecule has 4 fully saturated rings. The van der Waals surface area contributed by atoms with Gasteiger partial charge in [-0.15, -0.1) is 0 Å². The third kappa shape index (κ3) is 4.18. The fourth-order valence-electron chi connectivity index (χ4n) is 14.6. The molecule has 2 spiro atoms. The number of fused-ring (bicyclic) bond motifs is 10. The Hall–Kier alpha value is -6.44. The lowest BCUT2D eigenvalue weighted by Crippen LogP contribution is -2.88. The molecule has 0 amide bonds. The second kappa shape index (κ2) is 11.9. The average Bonchev–Trinajstić information content (AvgIpc) is 3.72. The summed E-state index contributed by atoms with van der Waals surface area (Å²) in [7, 11) is 0. The fraction of sp³-hybridized carbons (Fsp3) is 0.200. The monoisotopic (exact) mass is 781 g/mol. The van der Waals surface area contributed by atoms with Gasteiger partial charge in [-0.2, -0.15) is 0 Å². The van der Waals surface area contributed by atoms with Gasteiger partial charge in [-0.3, -0.25) is 0 Å². The van der Waals surface area contributed by atoms with Crippen molar-refractivity contribution >= 4 is 17.1 Å². The highest BCUT2D eigenvalue weighted by Gasteiger charge is 2.90. The van der Waals surface area contributed by atoms with Crippen molar-refractivity contribution in [3.63, 3.8) is 0 Å². The van der Waals surface area contributed by atoms with E-state index in [2.05, 4.69) is 207 Å². The third-order valence-corrected chi connectivity index (χ3v) is 17.2. The summed E-state index contributed by atoms with van der Waals surface area (Å²) in [6.45, 7) is 4.87. The maximum Gasteiger partial charge on any atom is 0.0465 e. The molecule has 6 aliphatic carbocycles. The largest absolute Gasteiger partial charge is 0.310 e. The summed E-state index contributed by atoms with van der Waals surface area (Å²) in [4.78, 5) is 2.43. The molecular weight excluding hydrogens is 735 g/mol. The van der Waals surface area contributed by atoms with Crippen molar-refractivity contribution in [2.45, 2.75) is 43.9 Å². The molecule has 61 heavy (non-hydrogen) atoms. The normalized spacial score (nSPS) is 25.6. The maximum atomic E-state index is 2.55. The number of rotatable bonds is 6. The highest BCUT2D eigenvalue weighted by molar-refractivity contribution is 5.96. The van der Waals surface area contributed by atoms with Gasteiger partial charge >= 0.3 is 0 Å². The van der Waals surface area contributed by atoms with Gasteiger partial charge in [-0.05, 0) is 169 Å². The Bertz CT molecular complexity index is 3000. The Morgan fingerprint density at radius 3 is 1.49 bits per heavy atom. The van der Waals surface area contributed by atoms with E-state index in [9.17, 15) is 0 Å². The highest BCUT2D eigenvalue weighted by Crippen LogP contribution is 2.95. The van der Waals surface area contributed by atoms with Crippen molar-refractivity contribution in [3.05, 3.63) is 210 Å². The van der Waals surface area contributed by atoms with E-state index in [-0.39, 0.29) is 10.8 Å². The van der Waals surface area contributed by atoms with Gasteiger partial charge in [0.05, 0.1) is 0 Å². The van der Waals surface area contributed by atoms with E-state index in [1.165, 1.54) is 91.7 Å². The van der Waals surface area contributed by atoms with Crippen molar-refractivity contribution < 1.29 is 0 Å². The summed E-state index contributed by atoms with van der Waals surface area (Å²) >= 11 is 0. The van der Waals surface area contributed by atoms with Crippen LogP contribution in [0.25, 0.3) is 55.6 Å². The van der Waals surface area contributed by atoms with Crippen LogP contribution in [0, 0.1) is 29.1 Å². The van der Waals surface area contributed by atoms with Gasteiger partial charge in [-0.25, -0.2) is 0 Å². The molecule has 0 heterocycles. The van der Waals surface area contributed by atoms with Crippen LogP contribution in [0.1, 0.15) is 55.4 Å². The Balaban J connectivity index is 0.858. The van der Waals surface area contributed by atoms with Gasteiger partial charge in [0.2, 0.25) is 0 Å². The molecule has 1 nitrogen and oxygen atoms in total. The maximum absolute atomic E-state index is 2.55. The van der Waals surface area contributed by atoms with Crippen LogP contribution in [0.4, 0.5) is 17.1 Å². The summed E-state index contributed by atoms with van der Waals surface area (Å²) in [6.07, 6.45) is 4.38. The van der Waals surface area contributed by atoms with E-state index in [1.807, 2.05) is 0 Å². The number of benzene rings is 8. The zero-order valence-electron chi connectivity index (χ0n) is 34.8. The smallest absolute Gasteiger partial charge is 0.0465 e. The van der Waals surface area contributed by atoms with Crippen molar-refractivity contribution in [2.75, 3.05) is 4.90 Å². The predicted molar refractivity (Wildman–Crippen MR) is 251 cm³/mol. The molecule has 8 aromatic carbocycles. The Labute approximate surface area is 359 Å². The van der Waals surface area contributed by atoms with Gasteiger partial charge in [0.25, 0.3) is 0 Å². The number of hydrogen-bond donors (Lipinski definition) is 0. The van der Waals surface area contributed by atoms with Gasteiger partial charge in [0.15, 0.2) is 0 Å². The third-order valence-electron chi connectivity index (χ3n) is 17.2. The van der Waals surface area contributed by atoms with Crippen LogP contribution in [-0.4, -0.2) is 0 Å². The topological polar surface area (TPSA) is 3.24 Å². The first-order valence-corrected chi connectivity index (χ1v) is 22.6. The summed E-state index contributed by atoms with van der Waals surface area (Å²) in [6, 6.07) is 70.9. The second-order valence-corrected chi connectivity index (χ2v) is 19.6. The quantitative estimate of drug-likeness (QED) is 0.162. The van der Waals surface area contributed by atoms with Crippen LogP contribution in [0.3, 0.4) is 0 Å². The average molecular weight is 782 g/mol. The highest BCUT2D eigenvalue weighted by atomic mass is 15.1. The first-order chi connectivity index (χ1) is 30.0. The van der Waals surface area contributed by atoms with E-state index in [4.69, 9.17) is 0 Å². The van der Waals surface area contributed by atoms with Crippen LogP contribution in [0.2, 0.25) is 0 Å². The van der Waals surface area contributed by atoms with E-state index in [0.29, 0.717) is 5.41 Å². The molecule has 6 aliphatic rings. The van der Waals surface area contributed by atoms with Crippen LogP contribution in [0.15, 0.2) is 188 Å². The van der Waals surface area contributed by atoms with E-state index >= 15 is 0 Å². The molecule has 0 aliphatic heterocycles. The van der Waals surface area contributed by atoms with Crippen molar-refractivity contribution in [3.8, 4) is 55.6 Å². The number of hydrogen-bond acceptors (Lipinski definition) is 1. The first kappa shape index (κ1) is 34.3. The van der Waals surface area contributed by atoms with Crippen LogP contribution >= 0.6 is 0 Å². The fourth-order valence-corrected chi connectivity index (χ4v) is 14.6. The van der Waals surface area contributed by atoms with E-state index < -0.39 is 0 Å². The van der Waals surface area contributed by atoms with Gasteiger partial charge < -0.3 is 4.90 Å². The Kier molecular flexibility index (Phi) is 6.68. The molecule has 4 saturated carbocycles. The minimum Gasteiger partial charge on any atom is -0.310 e. The molecule has 0 aromatic heterocycles. The zero-order valence-corrected chi connectivity index (χ0v) is 34.8. The zero-order chi connectivity index (χ0) is 40.2.